The van der Waals surface area contributed by atoms with Gasteiger partial charge in [0.05, 0.1) is 6.61 Å². The fourth-order valence-electron chi connectivity index (χ4n) is 2.43. The first-order valence-electron chi connectivity index (χ1n) is 7.94. The van der Waals surface area contributed by atoms with Gasteiger partial charge in [-0.3, -0.25) is 0 Å². The maximum Gasteiger partial charge on any atom is 0.407 e. The van der Waals surface area contributed by atoms with Crippen LogP contribution in [0.1, 0.15) is 6.92 Å². The van der Waals surface area contributed by atoms with Gasteiger partial charge in [-0.25, -0.2) is 9.59 Å². The van der Waals surface area contributed by atoms with Crippen molar-refractivity contribution in [3.63, 3.8) is 0 Å². The van der Waals surface area contributed by atoms with Crippen LogP contribution in [-0.4, -0.2) is 62.9 Å². The summed E-state index contributed by atoms with van der Waals surface area (Å²) in [5.41, 5.74) is 1.19. The molecule has 1 aliphatic heterocycles. The number of carbonyl (C=O) groups excluding carboxylic acids is 2. The van der Waals surface area contributed by atoms with Crippen molar-refractivity contribution in [2.24, 2.45) is 0 Å². The number of anilines is 1. The molecule has 7 heteroatoms. The van der Waals surface area contributed by atoms with Gasteiger partial charge in [0.15, 0.2) is 0 Å². The summed E-state index contributed by atoms with van der Waals surface area (Å²) in [6.07, 6.45) is -0.460. The molecular weight excluding hydrogens is 296 g/mol. The Bertz CT molecular complexity index is 501. The smallest absolute Gasteiger partial charge is 0.407 e. The van der Waals surface area contributed by atoms with Crippen molar-refractivity contribution in [1.82, 2.24) is 15.5 Å². The first-order chi connectivity index (χ1) is 11.2. The van der Waals surface area contributed by atoms with Gasteiger partial charge >= 0.3 is 12.1 Å². The minimum absolute atomic E-state index is 0.0941. The van der Waals surface area contributed by atoms with Crippen LogP contribution >= 0.6 is 0 Å². The zero-order valence-electron chi connectivity index (χ0n) is 13.5. The van der Waals surface area contributed by atoms with Gasteiger partial charge < -0.3 is 25.2 Å². The Morgan fingerprint density at radius 1 is 1.04 bits per heavy atom. The summed E-state index contributed by atoms with van der Waals surface area (Å²) >= 11 is 0. The molecule has 0 radical (unpaired) electrons. The van der Waals surface area contributed by atoms with Crippen LogP contribution < -0.4 is 15.5 Å². The molecule has 2 N–H and O–H groups in total. The number of amides is 3. The molecule has 0 saturated carbocycles. The van der Waals surface area contributed by atoms with Gasteiger partial charge in [-0.15, -0.1) is 0 Å². The number of rotatable bonds is 5. The van der Waals surface area contributed by atoms with Gasteiger partial charge in [0.1, 0.15) is 0 Å². The zero-order valence-corrected chi connectivity index (χ0v) is 13.5. The number of para-hydroxylation sites is 1. The third-order valence-corrected chi connectivity index (χ3v) is 3.63. The number of ether oxygens (including phenoxy) is 1. The second-order valence-corrected chi connectivity index (χ2v) is 5.19. The number of alkyl carbamates (subject to hydrolysis) is 1. The molecule has 0 spiro atoms. The molecule has 3 amide bonds. The highest BCUT2D eigenvalue weighted by molar-refractivity contribution is 5.74. The highest BCUT2D eigenvalue weighted by Gasteiger charge is 2.20. The standard InChI is InChI=1S/C16H24N4O3/c1-2-23-16(22)18-9-8-17-15(21)20-12-10-19(11-13-20)14-6-4-3-5-7-14/h3-7H,2,8-13H2,1H3,(H,17,21)(H,18,22). The van der Waals surface area contributed by atoms with E-state index in [1.165, 1.54) is 5.69 Å². The van der Waals surface area contributed by atoms with Crippen molar-refractivity contribution >= 4 is 17.8 Å². The number of nitrogens with one attached hydrogen (secondary N) is 2. The summed E-state index contributed by atoms with van der Waals surface area (Å²) < 4.78 is 4.74. The Labute approximate surface area is 136 Å². The highest BCUT2D eigenvalue weighted by Crippen LogP contribution is 2.15. The van der Waals surface area contributed by atoms with E-state index >= 15 is 0 Å². The van der Waals surface area contributed by atoms with Crippen LogP contribution in [0, 0.1) is 0 Å². The molecule has 0 atom stereocenters. The molecule has 0 bridgehead atoms. The van der Waals surface area contributed by atoms with E-state index in [4.69, 9.17) is 4.74 Å². The predicted molar refractivity (Wildman–Crippen MR) is 88.7 cm³/mol. The molecule has 23 heavy (non-hydrogen) atoms. The van der Waals surface area contributed by atoms with Gasteiger partial charge in [-0.2, -0.15) is 0 Å². The van der Waals surface area contributed by atoms with Crippen LogP contribution in [0.3, 0.4) is 0 Å². The minimum Gasteiger partial charge on any atom is -0.450 e. The monoisotopic (exact) mass is 320 g/mol. The van der Waals surface area contributed by atoms with Crippen molar-refractivity contribution in [2.45, 2.75) is 6.92 Å². The molecule has 2 rings (SSSR count). The van der Waals surface area contributed by atoms with E-state index in [1.807, 2.05) is 18.2 Å². The summed E-state index contributed by atoms with van der Waals surface area (Å²) in [6.45, 7) is 5.83. The molecule has 0 aliphatic carbocycles. The van der Waals surface area contributed by atoms with Crippen molar-refractivity contribution in [1.29, 1.82) is 0 Å². The Hall–Kier alpha value is -2.44. The van der Waals surface area contributed by atoms with Crippen LogP contribution in [0.15, 0.2) is 30.3 Å². The lowest BCUT2D eigenvalue weighted by molar-refractivity contribution is 0.152. The number of hydrogen-bond donors (Lipinski definition) is 2. The van der Waals surface area contributed by atoms with Crippen molar-refractivity contribution in [2.75, 3.05) is 50.8 Å². The number of hydrogen-bond acceptors (Lipinski definition) is 4. The maximum atomic E-state index is 12.1. The van der Waals surface area contributed by atoms with Crippen LogP contribution in [0.4, 0.5) is 15.3 Å². The molecule has 7 nitrogen and oxygen atoms in total. The van der Waals surface area contributed by atoms with Crippen LogP contribution in [0.5, 0.6) is 0 Å². The van der Waals surface area contributed by atoms with Gasteiger partial charge in [0, 0.05) is 45.0 Å². The second-order valence-electron chi connectivity index (χ2n) is 5.19. The SMILES string of the molecule is CCOC(=O)NCCNC(=O)N1CCN(c2ccccc2)CC1. The molecule has 1 aromatic rings. The summed E-state index contributed by atoms with van der Waals surface area (Å²) in [6, 6.07) is 10.1. The number of benzene rings is 1. The molecule has 0 unspecified atom stereocenters. The predicted octanol–water partition coefficient (Wildman–Crippen LogP) is 1.26. The van der Waals surface area contributed by atoms with E-state index < -0.39 is 6.09 Å². The molecule has 1 fully saturated rings. The van der Waals surface area contributed by atoms with E-state index in [1.54, 1.807) is 11.8 Å². The molecule has 0 aromatic heterocycles. The second kappa shape index (κ2) is 8.87. The Morgan fingerprint density at radius 3 is 2.35 bits per heavy atom. The Balaban J connectivity index is 1.65. The molecule has 1 aromatic carbocycles. The fraction of sp³-hybridized carbons (Fsp3) is 0.500. The molecular formula is C16H24N4O3. The van der Waals surface area contributed by atoms with Gasteiger partial charge in [-0.1, -0.05) is 18.2 Å². The normalized spacial score (nSPS) is 14.3. The number of urea groups is 1. The van der Waals surface area contributed by atoms with Crippen LogP contribution in [-0.2, 0) is 4.74 Å². The summed E-state index contributed by atoms with van der Waals surface area (Å²) in [5.74, 6) is 0. The Morgan fingerprint density at radius 2 is 1.70 bits per heavy atom. The average molecular weight is 320 g/mol. The summed E-state index contributed by atoms with van der Waals surface area (Å²) in [5, 5.41) is 5.37. The zero-order chi connectivity index (χ0) is 16.5. The molecule has 1 aliphatic rings. The Kier molecular flexibility index (Phi) is 6.53. The highest BCUT2D eigenvalue weighted by atomic mass is 16.5. The molecule has 1 saturated heterocycles. The topological polar surface area (TPSA) is 73.9 Å². The third-order valence-electron chi connectivity index (χ3n) is 3.63. The van der Waals surface area contributed by atoms with E-state index in [-0.39, 0.29) is 6.03 Å². The lowest BCUT2D eigenvalue weighted by Crippen LogP contribution is -2.52. The van der Waals surface area contributed by atoms with Crippen LogP contribution in [0.25, 0.3) is 0 Å². The largest absolute Gasteiger partial charge is 0.450 e. The van der Waals surface area contributed by atoms with E-state index in [9.17, 15) is 9.59 Å². The van der Waals surface area contributed by atoms with Gasteiger partial charge in [-0.05, 0) is 19.1 Å². The molecule has 1 heterocycles. The summed E-state index contributed by atoms with van der Waals surface area (Å²) in [4.78, 5) is 27.2. The van der Waals surface area contributed by atoms with E-state index in [0.29, 0.717) is 32.8 Å². The lowest BCUT2D eigenvalue weighted by Gasteiger charge is -2.36. The number of piperazine rings is 1. The third kappa shape index (κ3) is 5.36. The van der Waals surface area contributed by atoms with Crippen molar-refractivity contribution in [3.8, 4) is 0 Å². The van der Waals surface area contributed by atoms with Crippen molar-refractivity contribution < 1.29 is 14.3 Å². The maximum absolute atomic E-state index is 12.1. The van der Waals surface area contributed by atoms with Gasteiger partial charge in [0.25, 0.3) is 0 Å². The lowest BCUT2D eigenvalue weighted by atomic mass is 10.2. The quantitative estimate of drug-likeness (QED) is 0.801. The average Bonchev–Trinajstić information content (AvgIpc) is 2.60. The number of nitrogens with zero attached hydrogens (tertiary/aromatic N) is 2. The van der Waals surface area contributed by atoms with E-state index in [0.717, 1.165) is 13.1 Å². The fourth-order valence-corrected chi connectivity index (χ4v) is 2.43. The van der Waals surface area contributed by atoms with E-state index in [2.05, 4.69) is 27.7 Å². The van der Waals surface area contributed by atoms with Crippen LogP contribution in [0.2, 0.25) is 0 Å². The first kappa shape index (κ1) is 16.9. The first-order valence-corrected chi connectivity index (χ1v) is 7.94. The van der Waals surface area contributed by atoms with Crippen molar-refractivity contribution in [3.05, 3.63) is 30.3 Å². The van der Waals surface area contributed by atoms with Gasteiger partial charge in [0.2, 0.25) is 0 Å². The number of carbonyl (C=O) groups is 2. The minimum atomic E-state index is -0.460. The molecule has 126 valence electrons. The summed E-state index contributed by atoms with van der Waals surface area (Å²) in [7, 11) is 0.